The number of hydrogen-bond acceptors (Lipinski definition) is 3. The lowest BCUT2D eigenvalue weighted by atomic mass is 10.1. The summed E-state index contributed by atoms with van der Waals surface area (Å²) < 4.78 is 2.92. The average molecular weight is 440 g/mol. The standard InChI is InChI=1S/C21H18BrN3OS/c1-3-14-6-4-5-7-18(14)23-20(26)19-12-17-13(2)24-25(21(17)27-19)16-10-8-15(22)9-11-16/h4-12H,3H2,1-2H3,(H,23,26). The lowest BCUT2D eigenvalue weighted by Crippen LogP contribution is -2.11. The zero-order chi connectivity index (χ0) is 19.0. The van der Waals surface area contributed by atoms with Gasteiger partial charge in [0.1, 0.15) is 4.83 Å². The molecule has 0 fully saturated rings. The van der Waals surface area contributed by atoms with Gasteiger partial charge in [0.2, 0.25) is 0 Å². The summed E-state index contributed by atoms with van der Waals surface area (Å²) in [5, 5.41) is 8.70. The second kappa shape index (κ2) is 7.29. The van der Waals surface area contributed by atoms with E-state index in [0.717, 1.165) is 43.7 Å². The molecule has 6 heteroatoms. The molecule has 2 aromatic carbocycles. The predicted octanol–water partition coefficient (Wildman–Crippen LogP) is 5.97. The first-order chi connectivity index (χ1) is 13.1. The lowest BCUT2D eigenvalue weighted by Gasteiger charge is -2.08. The molecule has 0 radical (unpaired) electrons. The van der Waals surface area contributed by atoms with Crippen LogP contribution in [0, 0.1) is 6.92 Å². The molecular formula is C21H18BrN3OS. The molecule has 4 aromatic rings. The molecule has 0 saturated carbocycles. The van der Waals surface area contributed by atoms with Gasteiger partial charge < -0.3 is 5.32 Å². The first-order valence-corrected chi connectivity index (χ1v) is 10.3. The summed E-state index contributed by atoms with van der Waals surface area (Å²) in [6.45, 7) is 4.05. The Labute approximate surface area is 170 Å². The molecule has 4 nitrogen and oxygen atoms in total. The van der Waals surface area contributed by atoms with Crippen molar-refractivity contribution in [1.82, 2.24) is 9.78 Å². The smallest absolute Gasteiger partial charge is 0.265 e. The monoisotopic (exact) mass is 439 g/mol. The number of anilines is 1. The molecule has 4 rings (SSSR count). The van der Waals surface area contributed by atoms with Crippen molar-refractivity contribution in [3.8, 4) is 5.69 Å². The highest BCUT2D eigenvalue weighted by Gasteiger charge is 2.18. The highest BCUT2D eigenvalue weighted by molar-refractivity contribution is 9.10. The van der Waals surface area contributed by atoms with Crippen LogP contribution in [0.25, 0.3) is 15.9 Å². The fourth-order valence-corrected chi connectivity index (χ4v) is 4.39. The minimum atomic E-state index is -0.0844. The molecule has 1 N–H and O–H groups in total. The highest BCUT2D eigenvalue weighted by Crippen LogP contribution is 2.31. The number of rotatable bonds is 4. The maximum Gasteiger partial charge on any atom is 0.265 e. The molecule has 0 spiro atoms. The van der Waals surface area contributed by atoms with Gasteiger partial charge in [0.15, 0.2) is 0 Å². The number of nitrogens with one attached hydrogen (secondary N) is 1. The van der Waals surface area contributed by atoms with Gasteiger partial charge in [-0.1, -0.05) is 41.1 Å². The van der Waals surface area contributed by atoms with Crippen LogP contribution in [-0.4, -0.2) is 15.7 Å². The number of aromatic nitrogens is 2. The SMILES string of the molecule is CCc1ccccc1NC(=O)c1cc2c(C)nn(-c3ccc(Br)cc3)c2s1. The van der Waals surface area contributed by atoms with E-state index in [0.29, 0.717) is 4.88 Å². The minimum absolute atomic E-state index is 0.0844. The fraction of sp³-hybridized carbons (Fsp3) is 0.143. The Morgan fingerprint density at radius 1 is 1.19 bits per heavy atom. The minimum Gasteiger partial charge on any atom is -0.321 e. The number of para-hydroxylation sites is 1. The number of carbonyl (C=O) groups is 1. The van der Waals surface area contributed by atoms with Crippen molar-refractivity contribution in [3.63, 3.8) is 0 Å². The van der Waals surface area contributed by atoms with Gasteiger partial charge in [-0.3, -0.25) is 4.79 Å². The molecule has 0 aliphatic heterocycles. The Balaban J connectivity index is 1.70. The molecule has 136 valence electrons. The van der Waals surface area contributed by atoms with E-state index in [1.165, 1.54) is 11.3 Å². The number of carbonyl (C=O) groups excluding carboxylic acids is 1. The van der Waals surface area contributed by atoms with Crippen molar-refractivity contribution in [2.45, 2.75) is 20.3 Å². The van der Waals surface area contributed by atoms with E-state index in [1.54, 1.807) is 0 Å². The molecule has 0 aliphatic rings. The molecule has 0 aliphatic carbocycles. The maximum atomic E-state index is 12.8. The summed E-state index contributed by atoms with van der Waals surface area (Å²) in [5.41, 5.74) is 3.89. The van der Waals surface area contributed by atoms with Gasteiger partial charge in [-0.2, -0.15) is 5.10 Å². The molecule has 0 bridgehead atoms. The highest BCUT2D eigenvalue weighted by atomic mass is 79.9. The van der Waals surface area contributed by atoms with Gasteiger partial charge in [-0.05, 0) is 55.3 Å². The summed E-state index contributed by atoms with van der Waals surface area (Å²) in [5.74, 6) is -0.0844. The number of halogens is 1. The third-order valence-electron chi connectivity index (χ3n) is 4.49. The van der Waals surface area contributed by atoms with E-state index < -0.39 is 0 Å². The van der Waals surface area contributed by atoms with E-state index in [1.807, 2.05) is 66.2 Å². The van der Waals surface area contributed by atoms with Crippen LogP contribution in [0.2, 0.25) is 0 Å². The number of hydrogen-bond donors (Lipinski definition) is 1. The van der Waals surface area contributed by atoms with E-state index >= 15 is 0 Å². The normalized spacial score (nSPS) is 11.1. The average Bonchev–Trinajstić information content (AvgIpc) is 3.24. The Morgan fingerprint density at radius 2 is 1.93 bits per heavy atom. The Bertz CT molecular complexity index is 1130. The summed E-state index contributed by atoms with van der Waals surface area (Å²) in [7, 11) is 0. The van der Waals surface area contributed by atoms with Gasteiger partial charge in [-0.25, -0.2) is 4.68 Å². The van der Waals surface area contributed by atoms with Crippen molar-refractivity contribution in [1.29, 1.82) is 0 Å². The van der Waals surface area contributed by atoms with Crippen molar-refractivity contribution in [2.24, 2.45) is 0 Å². The van der Waals surface area contributed by atoms with Crippen molar-refractivity contribution in [2.75, 3.05) is 5.32 Å². The van der Waals surface area contributed by atoms with E-state index in [9.17, 15) is 4.79 Å². The van der Waals surface area contributed by atoms with Gasteiger partial charge >= 0.3 is 0 Å². The van der Waals surface area contributed by atoms with Gasteiger partial charge in [0.25, 0.3) is 5.91 Å². The summed E-state index contributed by atoms with van der Waals surface area (Å²) in [4.78, 5) is 14.5. The number of amides is 1. The van der Waals surface area contributed by atoms with Crippen LogP contribution >= 0.6 is 27.3 Å². The molecule has 1 amide bonds. The third-order valence-corrected chi connectivity index (χ3v) is 6.12. The quantitative estimate of drug-likeness (QED) is 0.425. The second-order valence-corrected chi connectivity index (χ2v) is 8.21. The summed E-state index contributed by atoms with van der Waals surface area (Å²) in [6.07, 6.45) is 0.876. The molecule has 27 heavy (non-hydrogen) atoms. The zero-order valence-electron chi connectivity index (χ0n) is 15.0. The predicted molar refractivity (Wildman–Crippen MR) is 115 cm³/mol. The van der Waals surface area contributed by atoms with Gasteiger partial charge in [0.05, 0.1) is 16.3 Å². The number of nitrogens with zero attached hydrogens (tertiary/aromatic N) is 2. The molecular weight excluding hydrogens is 422 g/mol. The molecule has 0 unspecified atom stereocenters. The second-order valence-electron chi connectivity index (χ2n) is 6.27. The number of benzene rings is 2. The van der Waals surface area contributed by atoms with E-state index in [2.05, 4.69) is 33.3 Å². The third kappa shape index (κ3) is 3.42. The van der Waals surface area contributed by atoms with E-state index in [4.69, 9.17) is 0 Å². The van der Waals surface area contributed by atoms with Crippen LogP contribution in [-0.2, 0) is 6.42 Å². The van der Waals surface area contributed by atoms with Crippen LogP contribution in [0.4, 0.5) is 5.69 Å². The Morgan fingerprint density at radius 3 is 2.67 bits per heavy atom. The lowest BCUT2D eigenvalue weighted by molar-refractivity contribution is 0.103. The topological polar surface area (TPSA) is 46.9 Å². The first kappa shape index (κ1) is 17.9. The molecule has 2 heterocycles. The van der Waals surface area contributed by atoms with Crippen LogP contribution < -0.4 is 5.32 Å². The van der Waals surface area contributed by atoms with Crippen LogP contribution in [0.1, 0.15) is 27.9 Å². The van der Waals surface area contributed by atoms with Crippen molar-refractivity contribution >= 4 is 49.1 Å². The largest absolute Gasteiger partial charge is 0.321 e. The van der Waals surface area contributed by atoms with Crippen LogP contribution in [0.3, 0.4) is 0 Å². The number of aryl methyl sites for hydroxylation is 2. The Hall–Kier alpha value is -2.44. The molecule has 2 aromatic heterocycles. The van der Waals surface area contributed by atoms with Crippen LogP contribution in [0.5, 0.6) is 0 Å². The van der Waals surface area contributed by atoms with Gasteiger partial charge in [-0.15, -0.1) is 11.3 Å². The van der Waals surface area contributed by atoms with Crippen molar-refractivity contribution < 1.29 is 4.79 Å². The molecule has 0 saturated heterocycles. The maximum absolute atomic E-state index is 12.8. The van der Waals surface area contributed by atoms with E-state index in [-0.39, 0.29) is 5.91 Å². The molecule has 0 atom stereocenters. The van der Waals surface area contributed by atoms with Crippen LogP contribution in [0.15, 0.2) is 59.1 Å². The Kier molecular flexibility index (Phi) is 4.85. The zero-order valence-corrected chi connectivity index (χ0v) is 17.4. The number of thiophene rings is 1. The van der Waals surface area contributed by atoms with Gasteiger partial charge in [0, 0.05) is 15.5 Å². The number of fused-ring (bicyclic) bond motifs is 1. The summed E-state index contributed by atoms with van der Waals surface area (Å²) >= 11 is 4.92. The van der Waals surface area contributed by atoms with Crippen molar-refractivity contribution in [3.05, 3.63) is 75.2 Å². The first-order valence-electron chi connectivity index (χ1n) is 8.71. The summed E-state index contributed by atoms with van der Waals surface area (Å²) in [6, 6.07) is 17.8. The fourth-order valence-electron chi connectivity index (χ4n) is 3.05.